The van der Waals surface area contributed by atoms with Gasteiger partial charge in [0.2, 0.25) is 0 Å². The van der Waals surface area contributed by atoms with Crippen molar-refractivity contribution in [3.8, 4) is 11.5 Å². The fraction of sp³-hybridized carbons (Fsp3) is 0.304. The van der Waals surface area contributed by atoms with Crippen molar-refractivity contribution in [2.45, 2.75) is 19.3 Å². The normalized spacial score (nSPS) is 10.5. The lowest BCUT2D eigenvalue weighted by Crippen LogP contribution is -2.02. The Morgan fingerprint density at radius 2 is 1.34 bits per heavy atom. The minimum atomic E-state index is -0.233. The second kappa shape index (κ2) is 11.5. The third kappa shape index (κ3) is 6.38. The van der Waals surface area contributed by atoms with Gasteiger partial charge in [0.15, 0.2) is 0 Å². The van der Waals surface area contributed by atoms with Crippen LogP contribution >= 0.6 is 0 Å². The molecule has 0 aliphatic heterocycles. The predicted octanol–water partition coefficient (Wildman–Crippen LogP) is 4.48. The summed E-state index contributed by atoms with van der Waals surface area (Å²) in [5.41, 5.74) is 3.96. The quantitative estimate of drug-likeness (QED) is 0.336. The van der Waals surface area contributed by atoms with Crippen LogP contribution in [0.5, 0.6) is 11.5 Å². The lowest BCUT2D eigenvalue weighted by Gasteiger charge is -2.15. The number of benzene rings is 2. The number of rotatable bonds is 10. The van der Waals surface area contributed by atoms with Gasteiger partial charge >= 0.3 is 5.97 Å². The van der Waals surface area contributed by atoms with E-state index in [-0.39, 0.29) is 5.97 Å². The molecule has 6 nitrogen and oxygen atoms in total. The van der Waals surface area contributed by atoms with Gasteiger partial charge in [-0.3, -0.25) is 4.79 Å². The fourth-order valence-corrected chi connectivity index (χ4v) is 2.95. The molecule has 0 heterocycles. The number of oxime groups is 1. The van der Waals surface area contributed by atoms with Gasteiger partial charge in [0, 0.05) is 6.42 Å². The van der Waals surface area contributed by atoms with Crippen LogP contribution in [0.4, 0.5) is 0 Å². The minimum Gasteiger partial charge on any atom is -0.497 e. The number of allylic oxidation sites excluding steroid dienone is 1. The average molecular weight is 397 g/mol. The summed E-state index contributed by atoms with van der Waals surface area (Å²) in [5, 5.41) is 3.98. The molecule has 6 heteroatoms. The van der Waals surface area contributed by atoms with Gasteiger partial charge in [0.05, 0.1) is 27.5 Å². The molecule has 2 rings (SSSR count). The van der Waals surface area contributed by atoms with E-state index in [1.807, 2.05) is 48.5 Å². The van der Waals surface area contributed by atoms with Gasteiger partial charge in [0.1, 0.15) is 18.6 Å². The van der Waals surface area contributed by atoms with Crippen LogP contribution in [0.15, 0.2) is 59.3 Å². The van der Waals surface area contributed by atoms with Crippen molar-refractivity contribution in [1.82, 2.24) is 0 Å². The molecule has 0 aromatic heterocycles. The first-order valence-electron chi connectivity index (χ1n) is 9.28. The van der Waals surface area contributed by atoms with E-state index in [9.17, 15) is 4.79 Å². The van der Waals surface area contributed by atoms with Crippen LogP contribution in [0.2, 0.25) is 0 Å². The molecular formula is C23H27NO5. The van der Waals surface area contributed by atoms with E-state index < -0.39 is 0 Å². The molecule has 0 unspecified atom stereocenters. The van der Waals surface area contributed by atoms with Crippen molar-refractivity contribution in [1.29, 1.82) is 0 Å². The Morgan fingerprint density at radius 1 is 0.828 bits per heavy atom. The maximum absolute atomic E-state index is 11.5. The fourth-order valence-electron chi connectivity index (χ4n) is 2.95. The number of esters is 1. The number of hydrogen-bond acceptors (Lipinski definition) is 6. The Kier molecular flexibility index (Phi) is 8.76. The molecule has 0 bridgehead atoms. The first kappa shape index (κ1) is 22.0. The first-order valence-corrected chi connectivity index (χ1v) is 9.28. The van der Waals surface area contributed by atoms with Gasteiger partial charge in [-0.05, 0) is 59.4 Å². The van der Waals surface area contributed by atoms with E-state index in [0.717, 1.165) is 33.8 Å². The van der Waals surface area contributed by atoms with Gasteiger partial charge in [-0.2, -0.15) is 0 Å². The molecule has 29 heavy (non-hydrogen) atoms. The zero-order chi connectivity index (χ0) is 21.1. The predicted molar refractivity (Wildman–Crippen MR) is 113 cm³/mol. The summed E-state index contributed by atoms with van der Waals surface area (Å²) in [7, 11) is 6.17. The number of methoxy groups -OCH3 is 3. The van der Waals surface area contributed by atoms with E-state index in [4.69, 9.17) is 19.0 Å². The van der Waals surface area contributed by atoms with Gasteiger partial charge < -0.3 is 19.0 Å². The van der Waals surface area contributed by atoms with Crippen molar-refractivity contribution >= 4 is 17.8 Å². The molecule has 154 valence electrons. The van der Waals surface area contributed by atoms with E-state index in [0.29, 0.717) is 19.3 Å². The number of carbonyl (C=O) groups is 1. The molecule has 0 N–H and O–H groups in total. The maximum atomic E-state index is 11.5. The lowest BCUT2D eigenvalue weighted by atomic mass is 9.91. The standard InChI is InChI=1S/C23H27NO5/c1-26-20-12-8-17(9-13-20)23(18-10-14-21(27-2)15-11-18)19(16-24-29-4)6-5-7-22(25)28-3/h8-16H,5-7H2,1-4H3. The van der Waals surface area contributed by atoms with Crippen LogP contribution in [-0.2, 0) is 14.4 Å². The van der Waals surface area contributed by atoms with Crippen molar-refractivity contribution in [2.24, 2.45) is 5.16 Å². The minimum absolute atomic E-state index is 0.233. The third-order valence-electron chi connectivity index (χ3n) is 4.45. The first-order chi connectivity index (χ1) is 14.1. The summed E-state index contributed by atoms with van der Waals surface area (Å²) in [6.07, 6.45) is 3.29. The topological polar surface area (TPSA) is 66.4 Å². The van der Waals surface area contributed by atoms with Crippen LogP contribution < -0.4 is 9.47 Å². The van der Waals surface area contributed by atoms with E-state index in [2.05, 4.69) is 5.16 Å². The SMILES string of the molecule is CON=CC(CCCC(=O)OC)=C(c1ccc(OC)cc1)c1ccc(OC)cc1. The smallest absolute Gasteiger partial charge is 0.305 e. The Hall–Kier alpha value is -3.28. The van der Waals surface area contributed by atoms with E-state index in [1.54, 1.807) is 20.4 Å². The molecule has 2 aromatic rings. The average Bonchev–Trinajstić information content (AvgIpc) is 2.77. The Labute approximate surface area is 171 Å². The van der Waals surface area contributed by atoms with Gasteiger partial charge in [-0.15, -0.1) is 0 Å². The largest absolute Gasteiger partial charge is 0.497 e. The summed E-state index contributed by atoms with van der Waals surface area (Å²) < 4.78 is 15.3. The molecule has 0 saturated heterocycles. The van der Waals surface area contributed by atoms with Crippen molar-refractivity contribution in [2.75, 3.05) is 28.4 Å². The number of hydrogen-bond donors (Lipinski definition) is 0. The molecule has 0 radical (unpaired) electrons. The van der Waals surface area contributed by atoms with Gasteiger partial charge in [0.25, 0.3) is 0 Å². The zero-order valence-corrected chi connectivity index (χ0v) is 17.3. The van der Waals surface area contributed by atoms with E-state index in [1.165, 1.54) is 14.2 Å². The molecule has 0 aliphatic rings. The number of ether oxygens (including phenoxy) is 3. The monoisotopic (exact) mass is 397 g/mol. The second-order valence-corrected chi connectivity index (χ2v) is 6.20. The van der Waals surface area contributed by atoms with Crippen LogP contribution in [0.3, 0.4) is 0 Å². The number of carbonyl (C=O) groups excluding carboxylic acids is 1. The van der Waals surface area contributed by atoms with Crippen LogP contribution in [0.25, 0.3) is 5.57 Å². The zero-order valence-electron chi connectivity index (χ0n) is 17.3. The van der Waals surface area contributed by atoms with E-state index >= 15 is 0 Å². The highest BCUT2D eigenvalue weighted by Gasteiger charge is 2.13. The highest BCUT2D eigenvalue weighted by atomic mass is 16.6. The van der Waals surface area contributed by atoms with Crippen LogP contribution in [0.1, 0.15) is 30.4 Å². The van der Waals surface area contributed by atoms with Crippen LogP contribution in [-0.4, -0.2) is 40.6 Å². The Balaban J connectivity index is 2.53. The molecule has 0 fully saturated rings. The molecular weight excluding hydrogens is 370 g/mol. The third-order valence-corrected chi connectivity index (χ3v) is 4.45. The van der Waals surface area contributed by atoms with Crippen molar-refractivity contribution in [3.63, 3.8) is 0 Å². The molecule has 0 aliphatic carbocycles. The lowest BCUT2D eigenvalue weighted by molar-refractivity contribution is -0.140. The van der Waals surface area contributed by atoms with Crippen LogP contribution in [0, 0.1) is 0 Å². The van der Waals surface area contributed by atoms with Crippen molar-refractivity contribution < 1.29 is 23.8 Å². The number of nitrogens with zero attached hydrogens (tertiary/aromatic N) is 1. The van der Waals surface area contributed by atoms with Gasteiger partial charge in [-0.25, -0.2) is 0 Å². The summed E-state index contributed by atoms with van der Waals surface area (Å²) in [4.78, 5) is 16.5. The summed E-state index contributed by atoms with van der Waals surface area (Å²) >= 11 is 0. The Bertz CT molecular complexity index is 789. The Morgan fingerprint density at radius 3 is 1.76 bits per heavy atom. The summed E-state index contributed by atoms with van der Waals surface area (Å²) in [5.74, 6) is 1.32. The van der Waals surface area contributed by atoms with Gasteiger partial charge in [-0.1, -0.05) is 29.4 Å². The highest BCUT2D eigenvalue weighted by molar-refractivity contribution is 5.96. The second-order valence-electron chi connectivity index (χ2n) is 6.20. The molecule has 0 amide bonds. The maximum Gasteiger partial charge on any atom is 0.305 e. The summed E-state index contributed by atoms with van der Waals surface area (Å²) in [6, 6.07) is 15.7. The molecule has 2 aromatic carbocycles. The summed E-state index contributed by atoms with van der Waals surface area (Å²) in [6.45, 7) is 0. The molecule has 0 spiro atoms. The molecule has 0 saturated carbocycles. The highest BCUT2D eigenvalue weighted by Crippen LogP contribution is 2.31. The molecule has 0 atom stereocenters. The van der Waals surface area contributed by atoms with Crippen molar-refractivity contribution in [3.05, 3.63) is 65.2 Å².